The first-order chi connectivity index (χ1) is 13.3. The maximum absolute atomic E-state index is 2.80. The lowest BCUT2D eigenvalue weighted by Crippen LogP contribution is -2.27. The van der Waals surface area contributed by atoms with Crippen molar-refractivity contribution >= 4 is 0 Å². The molecule has 0 spiro atoms. The average molecular weight is 382 g/mol. The Morgan fingerprint density at radius 3 is 0.778 bits per heavy atom. The molecule has 164 valence electrons. The third-order valence-corrected chi connectivity index (χ3v) is 5.98. The number of hydrogen-bond donors (Lipinski definition) is 0. The number of rotatable bonds is 23. The van der Waals surface area contributed by atoms with E-state index in [4.69, 9.17) is 0 Å². The Balaban J connectivity index is 3.77. The van der Waals surface area contributed by atoms with Crippen LogP contribution in [0.5, 0.6) is 0 Å². The van der Waals surface area contributed by atoms with E-state index in [1.165, 1.54) is 148 Å². The molecule has 0 aromatic carbocycles. The summed E-state index contributed by atoms with van der Waals surface area (Å²) in [7, 11) is 0. The van der Waals surface area contributed by atoms with Crippen molar-refractivity contribution in [3.8, 4) is 0 Å². The van der Waals surface area contributed by atoms with Crippen molar-refractivity contribution in [1.82, 2.24) is 4.90 Å². The van der Waals surface area contributed by atoms with Crippen LogP contribution in [0.3, 0.4) is 0 Å². The molecule has 0 amide bonds. The minimum Gasteiger partial charge on any atom is -0.303 e. The zero-order valence-corrected chi connectivity index (χ0v) is 19.7. The second kappa shape index (κ2) is 24.0. The van der Waals surface area contributed by atoms with Crippen LogP contribution < -0.4 is 0 Å². The van der Waals surface area contributed by atoms with Gasteiger partial charge in [0.25, 0.3) is 0 Å². The van der Waals surface area contributed by atoms with Crippen molar-refractivity contribution < 1.29 is 0 Å². The summed E-state index contributed by atoms with van der Waals surface area (Å²) in [4.78, 5) is 2.80. The van der Waals surface area contributed by atoms with E-state index in [2.05, 4.69) is 25.7 Å². The van der Waals surface area contributed by atoms with E-state index in [1.807, 2.05) is 0 Å². The maximum atomic E-state index is 2.80. The quantitative estimate of drug-likeness (QED) is 0.159. The molecule has 0 unspecified atom stereocenters. The van der Waals surface area contributed by atoms with Gasteiger partial charge in [0.1, 0.15) is 0 Å². The molecule has 0 rings (SSSR count). The Hall–Kier alpha value is -0.0400. The van der Waals surface area contributed by atoms with Gasteiger partial charge in [-0.2, -0.15) is 0 Å². The highest BCUT2D eigenvalue weighted by Crippen LogP contribution is 2.12. The summed E-state index contributed by atoms with van der Waals surface area (Å²) in [6, 6.07) is 0. The van der Waals surface area contributed by atoms with E-state index >= 15 is 0 Å². The van der Waals surface area contributed by atoms with E-state index in [-0.39, 0.29) is 0 Å². The average Bonchev–Trinajstić information content (AvgIpc) is 2.68. The minimum absolute atomic E-state index is 1.36. The van der Waals surface area contributed by atoms with Gasteiger partial charge in [-0.15, -0.1) is 0 Å². The van der Waals surface area contributed by atoms with Crippen molar-refractivity contribution in [2.45, 2.75) is 149 Å². The first-order valence-corrected chi connectivity index (χ1v) is 13.1. The minimum atomic E-state index is 1.36. The van der Waals surface area contributed by atoms with Gasteiger partial charge in [-0.1, -0.05) is 130 Å². The number of unbranched alkanes of at least 4 members (excludes halogenated alkanes) is 17. The molecule has 0 aromatic heterocycles. The van der Waals surface area contributed by atoms with E-state index in [1.54, 1.807) is 0 Å². The van der Waals surface area contributed by atoms with Crippen LogP contribution in [0.2, 0.25) is 0 Å². The van der Waals surface area contributed by atoms with E-state index in [0.29, 0.717) is 0 Å². The Labute approximate surface area is 174 Å². The van der Waals surface area contributed by atoms with Gasteiger partial charge in [0.15, 0.2) is 0 Å². The first-order valence-electron chi connectivity index (χ1n) is 13.1. The van der Waals surface area contributed by atoms with Gasteiger partial charge in [0.05, 0.1) is 0 Å². The zero-order chi connectivity index (χ0) is 19.8. The maximum Gasteiger partial charge on any atom is -0.00187 e. The van der Waals surface area contributed by atoms with Gasteiger partial charge in [0, 0.05) is 0 Å². The summed E-state index contributed by atoms with van der Waals surface area (Å²) in [6.45, 7) is 11.0. The molecule has 0 aliphatic carbocycles. The topological polar surface area (TPSA) is 3.24 Å². The highest BCUT2D eigenvalue weighted by Gasteiger charge is 2.05. The molecule has 0 N–H and O–H groups in total. The van der Waals surface area contributed by atoms with Crippen LogP contribution in [0.25, 0.3) is 0 Å². The highest BCUT2D eigenvalue weighted by atomic mass is 15.1. The smallest absolute Gasteiger partial charge is 0.00187 e. The zero-order valence-electron chi connectivity index (χ0n) is 19.7. The molecule has 0 saturated carbocycles. The molecule has 27 heavy (non-hydrogen) atoms. The molecule has 1 nitrogen and oxygen atoms in total. The Morgan fingerprint density at radius 2 is 0.519 bits per heavy atom. The molecule has 0 fully saturated rings. The van der Waals surface area contributed by atoms with Crippen LogP contribution in [0.1, 0.15) is 149 Å². The van der Waals surface area contributed by atoms with E-state index in [9.17, 15) is 0 Å². The summed E-state index contributed by atoms with van der Waals surface area (Å²) in [5.41, 5.74) is 0. The van der Waals surface area contributed by atoms with Gasteiger partial charge < -0.3 is 4.90 Å². The Morgan fingerprint density at radius 1 is 0.296 bits per heavy atom. The first kappa shape index (κ1) is 27.0. The second-order valence-electron chi connectivity index (χ2n) is 8.85. The van der Waals surface area contributed by atoms with Crippen molar-refractivity contribution in [1.29, 1.82) is 0 Å². The summed E-state index contributed by atoms with van der Waals surface area (Å²) in [6.07, 6.45) is 28.7. The predicted octanol–water partition coefficient (Wildman–Crippen LogP) is 9.15. The second-order valence-corrected chi connectivity index (χ2v) is 8.85. The fourth-order valence-corrected chi connectivity index (χ4v) is 4.04. The third-order valence-electron chi connectivity index (χ3n) is 5.98. The molecule has 1 heteroatoms. The molecular weight excluding hydrogens is 326 g/mol. The van der Waals surface area contributed by atoms with Crippen molar-refractivity contribution in [2.24, 2.45) is 0 Å². The monoisotopic (exact) mass is 381 g/mol. The molecule has 0 aromatic rings. The molecule has 0 aliphatic heterocycles. The fourth-order valence-electron chi connectivity index (χ4n) is 4.04. The lowest BCUT2D eigenvalue weighted by molar-refractivity contribution is 0.254. The molecular formula is C26H55N. The van der Waals surface area contributed by atoms with Gasteiger partial charge in [-0.25, -0.2) is 0 Å². The standard InChI is InChI=1S/C26H55N/c1-4-7-10-13-16-17-20-23-26-27(24-21-18-14-11-8-5-2)25-22-19-15-12-9-6-3/h4-26H2,1-3H3. The summed E-state index contributed by atoms with van der Waals surface area (Å²) >= 11 is 0. The van der Waals surface area contributed by atoms with E-state index in [0.717, 1.165) is 0 Å². The van der Waals surface area contributed by atoms with Gasteiger partial charge in [0.2, 0.25) is 0 Å². The number of hydrogen-bond acceptors (Lipinski definition) is 1. The third kappa shape index (κ3) is 22.1. The fraction of sp³-hybridized carbons (Fsp3) is 1.00. The van der Waals surface area contributed by atoms with Crippen LogP contribution in [-0.2, 0) is 0 Å². The summed E-state index contributed by atoms with van der Waals surface area (Å²) < 4.78 is 0. The van der Waals surface area contributed by atoms with Crippen LogP contribution in [0.4, 0.5) is 0 Å². The molecule has 0 atom stereocenters. The normalized spacial score (nSPS) is 11.6. The van der Waals surface area contributed by atoms with Crippen LogP contribution in [-0.4, -0.2) is 24.5 Å². The van der Waals surface area contributed by atoms with Gasteiger partial charge >= 0.3 is 0 Å². The molecule has 0 aliphatic rings. The predicted molar refractivity (Wildman–Crippen MR) is 126 cm³/mol. The van der Waals surface area contributed by atoms with Crippen molar-refractivity contribution in [3.63, 3.8) is 0 Å². The largest absolute Gasteiger partial charge is 0.303 e. The van der Waals surface area contributed by atoms with Gasteiger partial charge in [-0.3, -0.25) is 0 Å². The SMILES string of the molecule is CCCCCCCCCCN(CCCCCCCC)CCCCCCCC. The lowest BCUT2D eigenvalue weighted by atomic mass is 10.1. The summed E-state index contributed by atoms with van der Waals surface area (Å²) in [5.74, 6) is 0. The molecule has 0 radical (unpaired) electrons. The van der Waals surface area contributed by atoms with Gasteiger partial charge in [-0.05, 0) is 38.9 Å². The Kier molecular flexibility index (Phi) is 24.0. The molecule has 0 saturated heterocycles. The lowest BCUT2D eigenvalue weighted by Gasteiger charge is -2.22. The Bertz CT molecular complexity index is 235. The van der Waals surface area contributed by atoms with Crippen LogP contribution in [0, 0.1) is 0 Å². The van der Waals surface area contributed by atoms with Crippen molar-refractivity contribution in [3.05, 3.63) is 0 Å². The molecule has 0 heterocycles. The highest BCUT2D eigenvalue weighted by molar-refractivity contribution is 4.60. The van der Waals surface area contributed by atoms with E-state index < -0.39 is 0 Å². The van der Waals surface area contributed by atoms with Crippen LogP contribution in [0.15, 0.2) is 0 Å². The van der Waals surface area contributed by atoms with Crippen LogP contribution >= 0.6 is 0 Å². The number of nitrogens with zero attached hydrogens (tertiary/aromatic N) is 1. The van der Waals surface area contributed by atoms with Crippen molar-refractivity contribution in [2.75, 3.05) is 19.6 Å². The summed E-state index contributed by atoms with van der Waals surface area (Å²) in [5, 5.41) is 0. The molecule has 0 bridgehead atoms.